The van der Waals surface area contributed by atoms with Crippen molar-refractivity contribution in [2.75, 3.05) is 0 Å². The molecule has 0 heterocycles. The fourth-order valence-electron chi connectivity index (χ4n) is 2.39. The number of aryl methyl sites for hydroxylation is 2. The van der Waals surface area contributed by atoms with Crippen LogP contribution in [0.15, 0.2) is 41.9 Å². The summed E-state index contributed by atoms with van der Waals surface area (Å²) in [5, 5.41) is 0. The largest absolute Gasteiger partial charge is 0.290 e. The summed E-state index contributed by atoms with van der Waals surface area (Å²) < 4.78 is 0. The van der Waals surface area contributed by atoms with Crippen LogP contribution in [0.3, 0.4) is 0 Å². The maximum absolute atomic E-state index is 4.55. The quantitative estimate of drug-likeness (QED) is 0.429. The fraction of sp³-hybridized carbons (Fsp3) is 0.500. The second kappa shape index (κ2) is 9.55. The lowest BCUT2D eigenvalue weighted by Gasteiger charge is -2.10. The standard InChI is InChI=1S/C18H27N/c1-4-9-18(19-14-5-2)13-7-6-11-17-12-8-10-16(3)15-17/h5,8,10,12,14-15,18H,2,4,6-7,9,11,13H2,1,3H3. The van der Waals surface area contributed by atoms with Gasteiger partial charge >= 0.3 is 0 Å². The second-order valence-electron chi connectivity index (χ2n) is 5.21. The molecule has 0 bridgehead atoms. The maximum Gasteiger partial charge on any atom is 0.0499 e. The Kier molecular flexibility index (Phi) is 7.88. The van der Waals surface area contributed by atoms with Crippen molar-refractivity contribution in [3.8, 4) is 0 Å². The first kappa shape index (κ1) is 15.7. The van der Waals surface area contributed by atoms with E-state index in [0.717, 1.165) is 0 Å². The van der Waals surface area contributed by atoms with Gasteiger partial charge in [-0.25, -0.2) is 0 Å². The van der Waals surface area contributed by atoms with Gasteiger partial charge in [0.2, 0.25) is 0 Å². The van der Waals surface area contributed by atoms with Gasteiger partial charge in [-0.15, -0.1) is 0 Å². The molecule has 104 valence electrons. The van der Waals surface area contributed by atoms with Crippen LogP contribution in [0.25, 0.3) is 0 Å². The summed E-state index contributed by atoms with van der Waals surface area (Å²) in [5.74, 6) is 0. The highest BCUT2D eigenvalue weighted by molar-refractivity contribution is 5.70. The summed E-state index contributed by atoms with van der Waals surface area (Å²) in [6.07, 6.45) is 10.9. The molecule has 0 aromatic heterocycles. The first-order chi connectivity index (χ1) is 9.26. The zero-order valence-corrected chi connectivity index (χ0v) is 12.4. The van der Waals surface area contributed by atoms with Gasteiger partial charge in [0.25, 0.3) is 0 Å². The minimum absolute atomic E-state index is 0.487. The lowest BCUT2D eigenvalue weighted by Crippen LogP contribution is -2.04. The Morgan fingerprint density at radius 1 is 1.26 bits per heavy atom. The Labute approximate surface area is 118 Å². The normalized spacial score (nSPS) is 12.7. The highest BCUT2D eigenvalue weighted by atomic mass is 14.8. The highest BCUT2D eigenvalue weighted by Gasteiger charge is 2.04. The third-order valence-electron chi connectivity index (χ3n) is 3.36. The molecular formula is C18H27N. The van der Waals surface area contributed by atoms with Crippen LogP contribution in [0.1, 0.15) is 50.2 Å². The van der Waals surface area contributed by atoms with Crippen molar-refractivity contribution in [2.45, 2.75) is 58.4 Å². The number of unbranched alkanes of at least 4 members (excludes halogenated alkanes) is 1. The molecular weight excluding hydrogens is 230 g/mol. The van der Waals surface area contributed by atoms with Crippen molar-refractivity contribution in [3.05, 3.63) is 48.0 Å². The van der Waals surface area contributed by atoms with Gasteiger partial charge in [-0.2, -0.15) is 0 Å². The van der Waals surface area contributed by atoms with Crippen LogP contribution in [-0.2, 0) is 6.42 Å². The van der Waals surface area contributed by atoms with E-state index in [1.807, 2.05) is 6.21 Å². The Hall–Kier alpha value is -1.37. The minimum Gasteiger partial charge on any atom is -0.290 e. The molecule has 1 unspecified atom stereocenters. The van der Waals surface area contributed by atoms with Crippen LogP contribution >= 0.6 is 0 Å². The molecule has 0 saturated heterocycles. The predicted molar refractivity (Wildman–Crippen MR) is 86.1 cm³/mol. The maximum atomic E-state index is 4.55. The number of nitrogens with zero attached hydrogens (tertiary/aromatic N) is 1. The molecule has 0 fully saturated rings. The Bertz CT molecular complexity index is 392. The summed E-state index contributed by atoms with van der Waals surface area (Å²) in [4.78, 5) is 4.55. The summed E-state index contributed by atoms with van der Waals surface area (Å²) in [6, 6.07) is 9.32. The van der Waals surface area contributed by atoms with Crippen LogP contribution in [0.4, 0.5) is 0 Å². The SMILES string of the molecule is C=CC=NC(CCC)CCCCc1cccc(C)c1. The van der Waals surface area contributed by atoms with Crippen molar-refractivity contribution in [3.63, 3.8) is 0 Å². The lowest BCUT2D eigenvalue weighted by atomic mass is 10.0. The predicted octanol–water partition coefficient (Wildman–Crippen LogP) is 5.13. The van der Waals surface area contributed by atoms with Gasteiger partial charge in [0.1, 0.15) is 0 Å². The molecule has 1 rings (SSSR count). The molecule has 0 saturated carbocycles. The molecule has 0 N–H and O–H groups in total. The lowest BCUT2D eigenvalue weighted by molar-refractivity contribution is 0.530. The molecule has 0 aliphatic rings. The van der Waals surface area contributed by atoms with Crippen LogP contribution in [-0.4, -0.2) is 12.3 Å². The monoisotopic (exact) mass is 257 g/mol. The topological polar surface area (TPSA) is 12.4 Å². The van der Waals surface area contributed by atoms with E-state index in [9.17, 15) is 0 Å². The number of hydrogen-bond acceptors (Lipinski definition) is 1. The third-order valence-corrected chi connectivity index (χ3v) is 3.36. The van der Waals surface area contributed by atoms with Gasteiger partial charge < -0.3 is 0 Å². The van der Waals surface area contributed by atoms with E-state index in [-0.39, 0.29) is 0 Å². The fourth-order valence-corrected chi connectivity index (χ4v) is 2.39. The van der Waals surface area contributed by atoms with Gasteiger partial charge in [-0.1, -0.05) is 62.2 Å². The summed E-state index contributed by atoms with van der Waals surface area (Å²) in [5.41, 5.74) is 2.82. The third kappa shape index (κ3) is 6.95. The zero-order valence-electron chi connectivity index (χ0n) is 12.4. The minimum atomic E-state index is 0.487. The summed E-state index contributed by atoms with van der Waals surface area (Å²) in [6.45, 7) is 8.07. The highest BCUT2D eigenvalue weighted by Crippen LogP contribution is 2.13. The average Bonchev–Trinajstić information content (AvgIpc) is 2.41. The van der Waals surface area contributed by atoms with Crippen LogP contribution in [0.5, 0.6) is 0 Å². The van der Waals surface area contributed by atoms with E-state index in [4.69, 9.17) is 0 Å². The van der Waals surface area contributed by atoms with Crippen LogP contribution in [0.2, 0.25) is 0 Å². The van der Waals surface area contributed by atoms with Crippen LogP contribution < -0.4 is 0 Å². The molecule has 1 atom stereocenters. The molecule has 19 heavy (non-hydrogen) atoms. The van der Waals surface area contributed by atoms with Gasteiger partial charge in [0, 0.05) is 12.3 Å². The summed E-state index contributed by atoms with van der Waals surface area (Å²) >= 11 is 0. The number of benzene rings is 1. The van der Waals surface area contributed by atoms with Gasteiger partial charge in [0.15, 0.2) is 0 Å². The molecule has 1 nitrogen and oxygen atoms in total. The zero-order chi connectivity index (χ0) is 13.9. The van der Waals surface area contributed by atoms with E-state index < -0.39 is 0 Å². The molecule has 1 heteroatoms. The van der Waals surface area contributed by atoms with Gasteiger partial charge in [-0.05, 0) is 38.2 Å². The van der Waals surface area contributed by atoms with Crippen molar-refractivity contribution < 1.29 is 0 Å². The summed E-state index contributed by atoms with van der Waals surface area (Å²) in [7, 11) is 0. The van der Waals surface area contributed by atoms with E-state index in [2.05, 4.69) is 49.7 Å². The number of aliphatic imine (C=N–C) groups is 1. The molecule has 0 aliphatic heterocycles. The van der Waals surface area contributed by atoms with E-state index in [1.54, 1.807) is 6.08 Å². The molecule has 0 amide bonds. The van der Waals surface area contributed by atoms with Gasteiger partial charge in [0.05, 0.1) is 0 Å². The van der Waals surface area contributed by atoms with Crippen molar-refractivity contribution in [2.24, 2.45) is 4.99 Å². The van der Waals surface area contributed by atoms with Gasteiger partial charge in [-0.3, -0.25) is 4.99 Å². The molecule has 0 radical (unpaired) electrons. The first-order valence-electron chi connectivity index (χ1n) is 7.46. The first-order valence-corrected chi connectivity index (χ1v) is 7.46. The molecule has 1 aromatic carbocycles. The van der Waals surface area contributed by atoms with Crippen molar-refractivity contribution in [1.29, 1.82) is 0 Å². The Morgan fingerprint density at radius 3 is 2.79 bits per heavy atom. The van der Waals surface area contributed by atoms with Crippen molar-refractivity contribution >= 4 is 6.21 Å². The van der Waals surface area contributed by atoms with E-state index in [0.29, 0.717) is 6.04 Å². The average molecular weight is 257 g/mol. The Morgan fingerprint density at radius 2 is 2.11 bits per heavy atom. The smallest absolute Gasteiger partial charge is 0.0499 e. The van der Waals surface area contributed by atoms with E-state index in [1.165, 1.54) is 49.7 Å². The second-order valence-corrected chi connectivity index (χ2v) is 5.21. The molecule has 0 spiro atoms. The van der Waals surface area contributed by atoms with Crippen molar-refractivity contribution in [1.82, 2.24) is 0 Å². The molecule has 1 aromatic rings. The molecule has 0 aliphatic carbocycles. The number of hydrogen-bond donors (Lipinski definition) is 0. The van der Waals surface area contributed by atoms with Crippen LogP contribution in [0, 0.1) is 6.92 Å². The Balaban J connectivity index is 2.28. The van der Waals surface area contributed by atoms with E-state index >= 15 is 0 Å². The number of rotatable bonds is 9. The number of allylic oxidation sites excluding steroid dienone is 1.